The Kier molecular flexibility index (Phi) is 4.49. The van der Waals surface area contributed by atoms with Crippen molar-refractivity contribution >= 4 is 11.9 Å². The van der Waals surface area contributed by atoms with Crippen molar-refractivity contribution in [2.75, 3.05) is 26.2 Å². The third-order valence-corrected chi connectivity index (χ3v) is 6.41. The number of hydrogen-bond acceptors (Lipinski definition) is 5. The lowest BCUT2D eigenvalue weighted by molar-refractivity contribution is -0.136. The maximum atomic E-state index is 12.3. The van der Waals surface area contributed by atoms with Gasteiger partial charge in [-0.25, -0.2) is 4.79 Å². The van der Waals surface area contributed by atoms with Gasteiger partial charge in [-0.2, -0.15) is 0 Å². The molecule has 3 aliphatic rings. The van der Waals surface area contributed by atoms with E-state index < -0.39 is 6.10 Å². The van der Waals surface area contributed by atoms with Gasteiger partial charge in [0.2, 0.25) is 5.91 Å². The zero-order valence-electron chi connectivity index (χ0n) is 15.2. The number of nitrogens with one attached hydrogen (secondary N) is 1. The van der Waals surface area contributed by atoms with Crippen LogP contribution in [0.4, 0.5) is 0 Å². The van der Waals surface area contributed by atoms with Crippen LogP contribution in [0.3, 0.4) is 0 Å². The number of ether oxygens (including phenoxy) is 1. The normalized spacial score (nSPS) is 23.5. The highest BCUT2D eigenvalue weighted by Gasteiger charge is 2.42. The van der Waals surface area contributed by atoms with Crippen LogP contribution < -0.4 is 5.32 Å². The molecule has 6 nitrogen and oxygen atoms in total. The van der Waals surface area contributed by atoms with Crippen LogP contribution in [0, 0.1) is 12.3 Å². The highest BCUT2D eigenvalue weighted by atomic mass is 16.5. The second-order valence-corrected chi connectivity index (χ2v) is 7.84. The van der Waals surface area contributed by atoms with E-state index in [1.165, 1.54) is 0 Å². The fourth-order valence-corrected chi connectivity index (χ4v) is 4.64. The molecule has 4 rings (SSSR count). The number of hydrogen-bond donors (Lipinski definition) is 2. The summed E-state index contributed by atoms with van der Waals surface area (Å²) in [5.41, 5.74) is 3.12. The molecule has 1 aromatic carbocycles. The van der Waals surface area contributed by atoms with Crippen molar-refractivity contribution in [3.8, 4) is 0 Å². The number of amides is 1. The van der Waals surface area contributed by atoms with Gasteiger partial charge in [0.15, 0.2) is 0 Å². The quantitative estimate of drug-likeness (QED) is 0.804. The van der Waals surface area contributed by atoms with Crippen LogP contribution in [-0.4, -0.2) is 48.1 Å². The van der Waals surface area contributed by atoms with Crippen LogP contribution in [0.5, 0.6) is 0 Å². The lowest BCUT2D eigenvalue weighted by Crippen LogP contribution is -2.52. The number of piperidine rings is 2. The van der Waals surface area contributed by atoms with E-state index in [0.29, 0.717) is 18.7 Å². The summed E-state index contributed by atoms with van der Waals surface area (Å²) in [7, 11) is 0. The Morgan fingerprint density at radius 2 is 2.04 bits per heavy atom. The summed E-state index contributed by atoms with van der Waals surface area (Å²) in [6.45, 7) is 5.24. The summed E-state index contributed by atoms with van der Waals surface area (Å²) in [5.74, 6) is -0.0701. The van der Waals surface area contributed by atoms with Crippen molar-refractivity contribution in [2.45, 2.75) is 45.3 Å². The molecule has 3 heterocycles. The molecule has 1 atom stereocenters. The van der Waals surface area contributed by atoms with Gasteiger partial charge in [0.25, 0.3) is 0 Å². The molecule has 1 amide bonds. The fraction of sp³-hybridized carbons (Fsp3) is 0.600. The average Bonchev–Trinajstić information content (AvgIpc) is 3.02. The average molecular weight is 358 g/mol. The van der Waals surface area contributed by atoms with E-state index in [4.69, 9.17) is 4.74 Å². The SMILES string of the molecule is Cc1c([C@@H](O)CN2CCC3(CCCNC3=O)CC2)ccc2c1COC2=O. The van der Waals surface area contributed by atoms with Crippen LogP contribution in [0.15, 0.2) is 12.1 Å². The topological polar surface area (TPSA) is 78.9 Å². The van der Waals surface area contributed by atoms with E-state index in [1.54, 1.807) is 6.07 Å². The maximum absolute atomic E-state index is 12.3. The molecule has 26 heavy (non-hydrogen) atoms. The number of aliphatic hydroxyl groups is 1. The van der Waals surface area contributed by atoms with Crippen LogP contribution >= 0.6 is 0 Å². The molecular formula is C20H26N2O4. The molecule has 2 fully saturated rings. The summed E-state index contributed by atoms with van der Waals surface area (Å²) < 4.78 is 5.09. The number of carbonyl (C=O) groups is 2. The summed E-state index contributed by atoms with van der Waals surface area (Å²) in [4.78, 5) is 26.2. The van der Waals surface area contributed by atoms with Crippen molar-refractivity contribution in [1.82, 2.24) is 10.2 Å². The van der Waals surface area contributed by atoms with E-state index >= 15 is 0 Å². The molecule has 140 valence electrons. The number of fused-ring (bicyclic) bond motifs is 1. The lowest BCUT2D eigenvalue weighted by atomic mass is 9.72. The maximum Gasteiger partial charge on any atom is 0.338 e. The first-order valence-corrected chi connectivity index (χ1v) is 9.48. The fourth-order valence-electron chi connectivity index (χ4n) is 4.64. The number of nitrogens with zero attached hydrogens (tertiary/aromatic N) is 1. The molecular weight excluding hydrogens is 332 g/mol. The number of cyclic esters (lactones) is 1. The lowest BCUT2D eigenvalue weighted by Gasteiger charge is -2.43. The van der Waals surface area contributed by atoms with Crippen molar-refractivity contribution in [2.24, 2.45) is 5.41 Å². The van der Waals surface area contributed by atoms with Crippen LogP contribution in [0.1, 0.15) is 58.8 Å². The van der Waals surface area contributed by atoms with Gasteiger partial charge in [0, 0.05) is 18.7 Å². The number of carbonyl (C=O) groups excluding carboxylic acids is 2. The minimum absolute atomic E-state index is 0.194. The molecule has 0 unspecified atom stereocenters. The summed E-state index contributed by atoms with van der Waals surface area (Å²) in [5, 5.41) is 13.8. The minimum atomic E-state index is -0.606. The smallest absolute Gasteiger partial charge is 0.338 e. The van der Waals surface area contributed by atoms with E-state index in [-0.39, 0.29) is 17.3 Å². The number of benzene rings is 1. The number of aliphatic hydroxyl groups excluding tert-OH is 1. The molecule has 0 saturated carbocycles. The Hall–Kier alpha value is -1.92. The highest BCUT2D eigenvalue weighted by Crippen LogP contribution is 2.39. The third kappa shape index (κ3) is 2.91. The molecule has 6 heteroatoms. The van der Waals surface area contributed by atoms with Crippen LogP contribution in [0.25, 0.3) is 0 Å². The summed E-state index contributed by atoms with van der Waals surface area (Å²) >= 11 is 0. The van der Waals surface area contributed by atoms with Crippen molar-refractivity contribution < 1.29 is 19.4 Å². The van der Waals surface area contributed by atoms with Crippen molar-refractivity contribution in [3.63, 3.8) is 0 Å². The molecule has 1 aromatic rings. The van der Waals surface area contributed by atoms with Gasteiger partial charge in [0.1, 0.15) is 6.61 Å². The van der Waals surface area contributed by atoms with Crippen molar-refractivity contribution in [3.05, 3.63) is 34.4 Å². The standard InChI is InChI=1S/C20H26N2O4/c1-13-14(3-4-15-16(13)12-26-18(15)24)17(23)11-22-9-6-20(7-10-22)5-2-8-21-19(20)25/h3-4,17,23H,2,5-12H2,1H3,(H,21,25)/t17-/m0/s1. The predicted molar refractivity (Wildman–Crippen MR) is 95.6 cm³/mol. The highest BCUT2D eigenvalue weighted by molar-refractivity contribution is 5.94. The molecule has 0 radical (unpaired) electrons. The number of β-amino-alcohol motifs (C(OH)–C–C–N with tert-alkyl or cyclic N) is 1. The Bertz CT molecular complexity index is 738. The second-order valence-electron chi connectivity index (χ2n) is 7.84. The Balaban J connectivity index is 1.41. The molecule has 0 aromatic heterocycles. The molecule has 0 aliphatic carbocycles. The second kappa shape index (κ2) is 6.67. The van der Waals surface area contributed by atoms with Gasteiger partial charge in [-0.15, -0.1) is 0 Å². The Morgan fingerprint density at radius 3 is 2.77 bits per heavy atom. The zero-order chi connectivity index (χ0) is 18.3. The van der Waals surface area contributed by atoms with E-state index in [1.807, 2.05) is 13.0 Å². The third-order valence-electron chi connectivity index (χ3n) is 6.41. The largest absolute Gasteiger partial charge is 0.457 e. The molecule has 0 bridgehead atoms. The van der Waals surface area contributed by atoms with Crippen LogP contribution in [0.2, 0.25) is 0 Å². The molecule has 2 saturated heterocycles. The number of rotatable bonds is 3. The first kappa shape index (κ1) is 17.5. The summed E-state index contributed by atoms with van der Waals surface area (Å²) in [6, 6.07) is 3.60. The monoisotopic (exact) mass is 358 g/mol. The molecule has 2 N–H and O–H groups in total. The first-order valence-electron chi connectivity index (χ1n) is 9.48. The van der Waals surface area contributed by atoms with Gasteiger partial charge >= 0.3 is 5.97 Å². The van der Waals surface area contributed by atoms with E-state index in [2.05, 4.69) is 10.2 Å². The number of likely N-dealkylation sites (tertiary alicyclic amines) is 1. The van der Waals surface area contributed by atoms with Gasteiger partial charge in [-0.3, -0.25) is 4.79 Å². The van der Waals surface area contributed by atoms with Gasteiger partial charge in [-0.1, -0.05) is 6.07 Å². The molecule has 3 aliphatic heterocycles. The van der Waals surface area contributed by atoms with Crippen molar-refractivity contribution in [1.29, 1.82) is 0 Å². The summed E-state index contributed by atoms with van der Waals surface area (Å²) in [6.07, 6.45) is 3.15. The minimum Gasteiger partial charge on any atom is -0.457 e. The zero-order valence-corrected chi connectivity index (χ0v) is 15.2. The van der Waals surface area contributed by atoms with Crippen LogP contribution in [-0.2, 0) is 16.1 Å². The van der Waals surface area contributed by atoms with Gasteiger partial charge < -0.3 is 20.1 Å². The molecule has 1 spiro atoms. The Morgan fingerprint density at radius 1 is 1.27 bits per heavy atom. The van der Waals surface area contributed by atoms with E-state index in [9.17, 15) is 14.7 Å². The number of esters is 1. The Labute approximate surface area is 153 Å². The van der Waals surface area contributed by atoms with Gasteiger partial charge in [-0.05, 0) is 62.9 Å². The van der Waals surface area contributed by atoms with E-state index in [0.717, 1.165) is 62.0 Å². The first-order chi connectivity index (χ1) is 12.5. The van der Waals surface area contributed by atoms with Gasteiger partial charge in [0.05, 0.1) is 17.1 Å². The predicted octanol–water partition coefficient (Wildman–Crippen LogP) is 1.69.